The molecule has 0 amide bonds. The normalized spacial score (nSPS) is 19.7. The lowest BCUT2D eigenvalue weighted by Crippen LogP contribution is -2.04. The van der Waals surface area contributed by atoms with Crippen LogP contribution in [0.5, 0.6) is 0 Å². The van der Waals surface area contributed by atoms with Gasteiger partial charge in [-0.25, -0.2) is 0 Å². The number of nitrogens with zero attached hydrogens (tertiary/aromatic N) is 3. The molecule has 5 heteroatoms. The summed E-state index contributed by atoms with van der Waals surface area (Å²) in [6.45, 7) is 2.01. The summed E-state index contributed by atoms with van der Waals surface area (Å²) in [4.78, 5) is 1.20. The molecule has 1 aromatic carbocycles. The van der Waals surface area contributed by atoms with Crippen molar-refractivity contribution in [1.82, 2.24) is 14.8 Å². The van der Waals surface area contributed by atoms with Gasteiger partial charge in [-0.3, -0.25) is 0 Å². The molecule has 2 aliphatic carbocycles. The van der Waals surface area contributed by atoms with Crippen molar-refractivity contribution in [3.05, 3.63) is 35.7 Å². The Hall–Kier alpha value is -1.33. The summed E-state index contributed by atoms with van der Waals surface area (Å²) in [5.74, 6) is 1.88. The highest BCUT2D eigenvalue weighted by Crippen LogP contribution is 2.46. The van der Waals surface area contributed by atoms with Crippen molar-refractivity contribution in [1.29, 1.82) is 0 Å². The van der Waals surface area contributed by atoms with Gasteiger partial charge in [0.15, 0.2) is 5.16 Å². The number of aromatic nitrogens is 3. The van der Waals surface area contributed by atoms with E-state index in [0.29, 0.717) is 12.0 Å². The summed E-state index contributed by atoms with van der Waals surface area (Å²) in [5, 5.41) is 9.95. The molecule has 2 saturated carbocycles. The Morgan fingerprint density at radius 1 is 1.14 bits per heavy atom. The average Bonchev–Trinajstić information content (AvgIpc) is 3.39. The fourth-order valence-corrected chi connectivity index (χ4v) is 3.50. The molecule has 0 aliphatic heterocycles. The maximum Gasteiger partial charge on any atom is 0.196 e. The molecule has 1 atom stereocenters. The fraction of sp³-hybridized carbons (Fsp3) is 0.500. The van der Waals surface area contributed by atoms with E-state index in [9.17, 15) is 0 Å². The monoisotopic (exact) mass is 300 g/mol. The van der Waals surface area contributed by atoms with Crippen LogP contribution in [0.15, 0.2) is 34.3 Å². The zero-order valence-corrected chi connectivity index (χ0v) is 13.0. The third-order valence-electron chi connectivity index (χ3n) is 4.16. The highest BCUT2D eigenvalue weighted by atomic mass is 32.2. The van der Waals surface area contributed by atoms with Crippen LogP contribution in [-0.4, -0.2) is 14.8 Å². The van der Waals surface area contributed by atoms with E-state index in [1.165, 1.54) is 42.0 Å². The van der Waals surface area contributed by atoms with Crippen molar-refractivity contribution in [3.8, 4) is 0 Å². The number of rotatable bonds is 5. The minimum atomic E-state index is 0.0839. The van der Waals surface area contributed by atoms with E-state index < -0.39 is 0 Å². The number of benzene rings is 1. The average molecular weight is 300 g/mol. The third-order valence-corrected chi connectivity index (χ3v) is 5.13. The molecule has 4 rings (SSSR count). The maximum absolute atomic E-state index is 5.90. The Morgan fingerprint density at radius 2 is 1.86 bits per heavy atom. The Labute approximate surface area is 129 Å². The zero-order chi connectivity index (χ0) is 14.4. The summed E-state index contributed by atoms with van der Waals surface area (Å²) in [6, 6.07) is 9.19. The highest BCUT2D eigenvalue weighted by Gasteiger charge is 2.36. The predicted octanol–water partition coefficient (Wildman–Crippen LogP) is 3.66. The second-order valence-corrected chi connectivity index (χ2v) is 7.22. The number of hydrogen-bond donors (Lipinski definition) is 1. The van der Waals surface area contributed by atoms with Gasteiger partial charge in [0.2, 0.25) is 0 Å². The second-order valence-electron chi connectivity index (χ2n) is 6.18. The molecule has 1 aromatic heterocycles. The summed E-state index contributed by atoms with van der Waals surface area (Å²) >= 11 is 1.72. The minimum absolute atomic E-state index is 0.0839. The molecule has 2 aliphatic rings. The van der Waals surface area contributed by atoms with Gasteiger partial charge in [0.1, 0.15) is 5.82 Å². The largest absolute Gasteiger partial charge is 0.324 e. The third kappa shape index (κ3) is 2.72. The molecular formula is C16H20N4S. The van der Waals surface area contributed by atoms with Crippen LogP contribution in [0.3, 0.4) is 0 Å². The van der Waals surface area contributed by atoms with Crippen molar-refractivity contribution in [2.75, 3.05) is 0 Å². The number of nitrogens with two attached hydrogens (primary N) is 1. The summed E-state index contributed by atoms with van der Waals surface area (Å²) in [7, 11) is 0. The lowest BCUT2D eigenvalue weighted by Gasteiger charge is -2.09. The van der Waals surface area contributed by atoms with Gasteiger partial charge in [0.05, 0.1) is 0 Å². The molecular weight excluding hydrogens is 280 g/mol. The van der Waals surface area contributed by atoms with Crippen LogP contribution >= 0.6 is 11.8 Å². The molecule has 110 valence electrons. The van der Waals surface area contributed by atoms with Gasteiger partial charge in [-0.1, -0.05) is 12.1 Å². The topological polar surface area (TPSA) is 56.7 Å². The maximum atomic E-state index is 5.90. The van der Waals surface area contributed by atoms with Gasteiger partial charge in [0.25, 0.3) is 0 Å². The molecule has 2 N–H and O–H groups in total. The standard InChI is InChI=1S/C16H20N4S/c1-10(17)11-4-8-14(9-5-11)21-16-19-18-15(12-2-3-12)20(16)13-6-7-13/h4-5,8-10,12-13H,2-3,6-7,17H2,1H3. The predicted molar refractivity (Wildman–Crippen MR) is 83.4 cm³/mol. The van der Waals surface area contributed by atoms with E-state index in [0.717, 1.165) is 5.16 Å². The zero-order valence-electron chi connectivity index (χ0n) is 12.2. The lowest BCUT2D eigenvalue weighted by molar-refractivity contribution is 0.627. The van der Waals surface area contributed by atoms with E-state index in [1.807, 2.05) is 6.92 Å². The smallest absolute Gasteiger partial charge is 0.196 e. The van der Waals surface area contributed by atoms with E-state index in [2.05, 4.69) is 39.0 Å². The first kappa shape index (κ1) is 13.3. The number of hydrogen-bond acceptors (Lipinski definition) is 4. The lowest BCUT2D eigenvalue weighted by atomic mass is 10.1. The van der Waals surface area contributed by atoms with E-state index in [-0.39, 0.29) is 6.04 Å². The van der Waals surface area contributed by atoms with Gasteiger partial charge in [-0.15, -0.1) is 10.2 Å². The first-order chi connectivity index (χ1) is 10.2. The van der Waals surface area contributed by atoms with E-state index in [1.54, 1.807) is 11.8 Å². The van der Waals surface area contributed by atoms with Crippen LogP contribution in [0.4, 0.5) is 0 Å². The van der Waals surface area contributed by atoms with Crippen LogP contribution in [0.1, 0.15) is 62.0 Å². The fourth-order valence-electron chi connectivity index (χ4n) is 2.60. The molecule has 21 heavy (non-hydrogen) atoms. The van der Waals surface area contributed by atoms with Crippen LogP contribution in [-0.2, 0) is 0 Å². The molecule has 0 radical (unpaired) electrons. The van der Waals surface area contributed by atoms with Gasteiger partial charge in [-0.2, -0.15) is 0 Å². The molecule has 4 nitrogen and oxygen atoms in total. The Kier molecular flexibility index (Phi) is 3.27. The van der Waals surface area contributed by atoms with Gasteiger partial charge >= 0.3 is 0 Å². The van der Waals surface area contributed by atoms with Gasteiger partial charge < -0.3 is 10.3 Å². The van der Waals surface area contributed by atoms with Gasteiger partial charge in [-0.05, 0) is 62.1 Å². The Bertz CT molecular complexity index is 639. The van der Waals surface area contributed by atoms with Crippen LogP contribution < -0.4 is 5.73 Å². The SMILES string of the molecule is CC(N)c1ccc(Sc2nnc(C3CC3)n2C2CC2)cc1. The molecule has 1 heterocycles. The first-order valence-corrected chi connectivity index (χ1v) is 8.52. The Morgan fingerprint density at radius 3 is 2.43 bits per heavy atom. The summed E-state index contributed by atoms with van der Waals surface area (Å²) in [5.41, 5.74) is 7.07. The second kappa shape index (κ2) is 5.14. The molecule has 2 fully saturated rings. The minimum Gasteiger partial charge on any atom is -0.324 e. The van der Waals surface area contributed by atoms with Crippen LogP contribution in [0.25, 0.3) is 0 Å². The van der Waals surface area contributed by atoms with Crippen LogP contribution in [0, 0.1) is 0 Å². The molecule has 1 unspecified atom stereocenters. The van der Waals surface area contributed by atoms with Crippen molar-refractivity contribution < 1.29 is 0 Å². The van der Waals surface area contributed by atoms with Crippen molar-refractivity contribution in [3.63, 3.8) is 0 Å². The van der Waals surface area contributed by atoms with Gasteiger partial charge in [0, 0.05) is 22.9 Å². The summed E-state index contributed by atoms with van der Waals surface area (Å²) in [6.07, 6.45) is 5.10. The van der Waals surface area contributed by atoms with E-state index >= 15 is 0 Å². The van der Waals surface area contributed by atoms with Crippen molar-refractivity contribution in [2.24, 2.45) is 5.73 Å². The molecule has 0 saturated heterocycles. The van der Waals surface area contributed by atoms with Crippen molar-refractivity contribution in [2.45, 2.75) is 60.7 Å². The van der Waals surface area contributed by atoms with E-state index in [4.69, 9.17) is 5.73 Å². The summed E-state index contributed by atoms with van der Waals surface area (Å²) < 4.78 is 2.39. The van der Waals surface area contributed by atoms with Crippen LogP contribution in [0.2, 0.25) is 0 Å². The molecule has 2 aromatic rings. The highest BCUT2D eigenvalue weighted by molar-refractivity contribution is 7.99. The molecule has 0 bridgehead atoms. The van der Waals surface area contributed by atoms with Crippen molar-refractivity contribution >= 4 is 11.8 Å². The Balaban J connectivity index is 1.59. The first-order valence-electron chi connectivity index (χ1n) is 7.70. The quantitative estimate of drug-likeness (QED) is 0.915. The molecule has 0 spiro atoms.